The molecule has 0 fully saturated rings. The molecule has 5 nitrogen and oxygen atoms in total. The molecule has 0 spiro atoms. The van der Waals surface area contributed by atoms with E-state index in [2.05, 4.69) is 10.2 Å². The van der Waals surface area contributed by atoms with Crippen molar-refractivity contribution in [2.75, 3.05) is 33.1 Å². The van der Waals surface area contributed by atoms with E-state index in [1.165, 1.54) is 7.11 Å². The SMILES string of the molecule is COC(CN)C(=O)Nc1cccc(CN(C)C)c1. The Morgan fingerprint density at radius 3 is 2.78 bits per heavy atom. The molecule has 100 valence electrons. The summed E-state index contributed by atoms with van der Waals surface area (Å²) in [5, 5.41) is 2.80. The monoisotopic (exact) mass is 251 g/mol. The normalized spacial score (nSPS) is 12.5. The Balaban J connectivity index is 2.69. The molecule has 0 aromatic heterocycles. The summed E-state index contributed by atoms with van der Waals surface area (Å²) in [6.45, 7) is 0.994. The first-order valence-corrected chi connectivity index (χ1v) is 5.84. The van der Waals surface area contributed by atoms with Crippen LogP contribution in [0.5, 0.6) is 0 Å². The first-order valence-electron chi connectivity index (χ1n) is 5.84. The third-order valence-corrected chi connectivity index (χ3v) is 2.48. The highest BCUT2D eigenvalue weighted by Gasteiger charge is 2.15. The van der Waals surface area contributed by atoms with E-state index in [0.29, 0.717) is 0 Å². The first kappa shape index (κ1) is 14.6. The van der Waals surface area contributed by atoms with Crippen LogP contribution in [0.3, 0.4) is 0 Å². The summed E-state index contributed by atoms with van der Waals surface area (Å²) in [6, 6.07) is 7.73. The molecule has 0 aliphatic carbocycles. The lowest BCUT2D eigenvalue weighted by molar-refractivity contribution is -0.125. The molecule has 18 heavy (non-hydrogen) atoms. The van der Waals surface area contributed by atoms with E-state index < -0.39 is 6.10 Å². The van der Waals surface area contributed by atoms with Crippen LogP contribution in [0.2, 0.25) is 0 Å². The maximum Gasteiger partial charge on any atom is 0.254 e. The lowest BCUT2D eigenvalue weighted by Gasteiger charge is -2.14. The molecule has 0 aliphatic rings. The summed E-state index contributed by atoms with van der Waals surface area (Å²) in [7, 11) is 5.47. The maximum atomic E-state index is 11.8. The van der Waals surface area contributed by atoms with E-state index in [9.17, 15) is 4.79 Å². The number of rotatable bonds is 6. The molecule has 1 atom stereocenters. The average molecular weight is 251 g/mol. The molecule has 0 bridgehead atoms. The molecule has 1 unspecified atom stereocenters. The van der Waals surface area contributed by atoms with Crippen molar-refractivity contribution in [1.82, 2.24) is 4.90 Å². The van der Waals surface area contributed by atoms with Crippen LogP contribution in [0.1, 0.15) is 5.56 Å². The van der Waals surface area contributed by atoms with Crippen molar-refractivity contribution in [2.24, 2.45) is 5.73 Å². The van der Waals surface area contributed by atoms with Gasteiger partial charge in [0.05, 0.1) is 0 Å². The zero-order chi connectivity index (χ0) is 13.5. The number of carbonyl (C=O) groups is 1. The quantitative estimate of drug-likeness (QED) is 0.779. The molecular formula is C13H21N3O2. The van der Waals surface area contributed by atoms with Gasteiger partial charge in [-0.05, 0) is 31.8 Å². The number of nitrogens with zero attached hydrogens (tertiary/aromatic N) is 1. The van der Waals surface area contributed by atoms with Crippen LogP contribution in [0.25, 0.3) is 0 Å². The highest BCUT2D eigenvalue weighted by atomic mass is 16.5. The number of amides is 1. The minimum absolute atomic E-state index is 0.166. The van der Waals surface area contributed by atoms with Gasteiger partial charge in [0.1, 0.15) is 6.10 Å². The van der Waals surface area contributed by atoms with Crippen molar-refractivity contribution < 1.29 is 9.53 Å². The van der Waals surface area contributed by atoms with E-state index in [4.69, 9.17) is 10.5 Å². The summed E-state index contributed by atoms with van der Waals surface area (Å²) in [5.41, 5.74) is 7.34. The van der Waals surface area contributed by atoms with Gasteiger partial charge in [0, 0.05) is 25.9 Å². The summed E-state index contributed by atoms with van der Waals surface area (Å²) in [6.07, 6.45) is -0.609. The van der Waals surface area contributed by atoms with Gasteiger partial charge in [0.25, 0.3) is 5.91 Å². The molecule has 3 N–H and O–H groups in total. The summed E-state index contributed by atoms with van der Waals surface area (Å²) >= 11 is 0. The molecule has 1 amide bonds. The second-order valence-electron chi connectivity index (χ2n) is 4.39. The second-order valence-corrected chi connectivity index (χ2v) is 4.39. The van der Waals surface area contributed by atoms with E-state index >= 15 is 0 Å². The van der Waals surface area contributed by atoms with E-state index in [-0.39, 0.29) is 12.5 Å². The van der Waals surface area contributed by atoms with Crippen molar-refractivity contribution in [3.8, 4) is 0 Å². The number of hydrogen-bond acceptors (Lipinski definition) is 4. The highest BCUT2D eigenvalue weighted by Crippen LogP contribution is 2.12. The van der Waals surface area contributed by atoms with Crippen LogP contribution in [0, 0.1) is 0 Å². The van der Waals surface area contributed by atoms with Crippen molar-refractivity contribution in [3.63, 3.8) is 0 Å². The minimum atomic E-state index is -0.609. The first-order chi connectivity index (χ1) is 8.56. The van der Waals surface area contributed by atoms with Crippen LogP contribution >= 0.6 is 0 Å². The van der Waals surface area contributed by atoms with Crippen LogP contribution in [-0.2, 0) is 16.1 Å². The van der Waals surface area contributed by atoms with Gasteiger partial charge in [-0.1, -0.05) is 12.1 Å². The summed E-state index contributed by atoms with van der Waals surface area (Å²) in [5.74, 6) is -0.220. The van der Waals surface area contributed by atoms with Gasteiger partial charge in [-0.15, -0.1) is 0 Å². The van der Waals surface area contributed by atoms with Crippen LogP contribution < -0.4 is 11.1 Å². The molecule has 0 radical (unpaired) electrons. The Labute approximate surface area is 108 Å². The lowest BCUT2D eigenvalue weighted by Crippen LogP contribution is -2.35. The number of ether oxygens (including phenoxy) is 1. The predicted molar refractivity (Wildman–Crippen MR) is 72.3 cm³/mol. The van der Waals surface area contributed by atoms with E-state index in [1.807, 2.05) is 38.4 Å². The Morgan fingerprint density at radius 2 is 2.22 bits per heavy atom. The minimum Gasteiger partial charge on any atom is -0.370 e. The maximum absolute atomic E-state index is 11.8. The predicted octanol–water partition coefficient (Wildman–Crippen LogP) is 0.660. The lowest BCUT2D eigenvalue weighted by atomic mass is 10.2. The third kappa shape index (κ3) is 4.44. The zero-order valence-corrected chi connectivity index (χ0v) is 11.1. The molecular weight excluding hydrogens is 230 g/mol. The highest BCUT2D eigenvalue weighted by molar-refractivity contribution is 5.94. The number of carbonyl (C=O) groups excluding carboxylic acids is 1. The van der Waals surface area contributed by atoms with Gasteiger partial charge in [-0.3, -0.25) is 4.79 Å². The molecule has 0 saturated heterocycles. The number of benzene rings is 1. The van der Waals surface area contributed by atoms with Crippen LogP contribution in [-0.4, -0.2) is 44.7 Å². The standard InChI is InChI=1S/C13H21N3O2/c1-16(2)9-10-5-4-6-11(7-10)15-13(17)12(8-14)18-3/h4-7,12H,8-9,14H2,1-3H3,(H,15,17). The van der Waals surface area contributed by atoms with Crippen LogP contribution in [0.15, 0.2) is 24.3 Å². The fraction of sp³-hybridized carbons (Fsp3) is 0.462. The molecule has 0 heterocycles. The third-order valence-electron chi connectivity index (χ3n) is 2.48. The molecule has 1 rings (SSSR count). The molecule has 0 saturated carbocycles. The van der Waals surface area contributed by atoms with Gasteiger partial charge in [-0.2, -0.15) is 0 Å². The topological polar surface area (TPSA) is 67.6 Å². The number of methoxy groups -OCH3 is 1. The number of hydrogen-bond donors (Lipinski definition) is 2. The fourth-order valence-corrected chi connectivity index (χ4v) is 1.65. The van der Waals surface area contributed by atoms with E-state index in [1.54, 1.807) is 0 Å². The smallest absolute Gasteiger partial charge is 0.254 e. The largest absolute Gasteiger partial charge is 0.370 e. The Bertz CT molecular complexity index is 390. The summed E-state index contributed by atoms with van der Waals surface area (Å²) < 4.78 is 4.98. The number of nitrogens with one attached hydrogen (secondary N) is 1. The van der Waals surface area contributed by atoms with Gasteiger partial charge in [0.2, 0.25) is 0 Å². The Hall–Kier alpha value is -1.43. The zero-order valence-electron chi connectivity index (χ0n) is 11.1. The average Bonchev–Trinajstić information content (AvgIpc) is 2.30. The number of nitrogens with two attached hydrogens (primary N) is 1. The Kier molecular flexibility index (Phi) is 5.77. The molecule has 5 heteroatoms. The Morgan fingerprint density at radius 1 is 1.50 bits per heavy atom. The second kappa shape index (κ2) is 7.10. The van der Waals surface area contributed by atoms with Gasteiger partial charge in [0.15, 0.2) is 0 Å². The van der Waals surface area contributed by atoms with Gasteiger partial charge in [-0.25, -0.2) is 0 Å². The summed E-state index contributed by atoms with van der Waals surface area (Å²) in [4.78, 5) is 13.8. The van der Waals surface area contributed by atoms with E-state index in [0.717, 1.165) is 17.8 Å². The molecule has 1 aromatic rings. The van der Waals surface area contributed by atoms with Crippen molar-refractivity contribution in [2.45, 2.75) is 12.6 Å². The molecule has 0 aliphatic heterocycles. The molecule has 1 aromatic carbocycles. The van der Waals surface area contributed by atoms with Gasteiger partial charge >= 0.3 is 0 Å². The van der Waals surface area contributed by atoms with Crippen molar-refractivity contribution in [3.05, 3.63) is 29.8 Å². The van der Waals surface area contributed by atoms with Crippen molar-refractivity contribution in [1.29, 1.82) is 0 Å². The van der Waals surface area contributed by atoms with Gasteiger partial charge < -0.3 is 20.7 Å². The number of anilines is 1. The van der Waals surface area contributed by atoms with Crippen molar-refractivity contribution >= 4 is 11.6 Å². The fourth-order valence-electron chi connectivity index (χ4n) is 1.65. The van der Waals surface area contributed by atoms with Crippen LogP contribution in [0.4, 0.5) is 5.69 Å².